The van der Waals surface area contributed by atoms with Crippen LogP contribution >= 0.6 is 23.2 Å². The number of carbonyl (C=O) groups excluding carboxylic acids is 3. The number of rotatable bonds is 4. The van der Waals surface area contributed by atoms with E-state index in [4.69, 9.17) is 27.9 Å². The molecule has 0 radical (unpaired) electrons. The molecule has 1 aliphatic heterocycles. The third-order valence-electron chi connectivity index (χ3n) is 3.69. The molecule has 0 aliphatic carbocycles. The first kappa shape index (κ1) is 17.3. The molecular formula is C17H12Cl2N2O4. The van der Waals surface area contributed by atoms with Gasteiger partial charge in [-0.3, -0.25) is 19.3 Å². The molecule has 0 saturated carbocycles. The maximum atomic E-state index is 12.4. The molecule has 0 saturated heterocycles. The maximum absolute atomic E-state index is 12.4. The number of halogens is 2. The molecule has 1 heterocycles. The number of fused-ring (bicyclic) bond motifs is 1. The Kier molecular flexibility index (Phi) is 4.65. The molecule has 3 amide bonds. The van der Waals surface area contributed by atoms with Gasteiger partial charge in [0.05, 0.1) is 28.9 Å². The van der Waals surface area contributed by atoms with Crippen molar-refractivity contribution < 1.29 is 19.1 Å². The molecule has 0 bridgehead atoms. The minimum absolute atomic E-state index is 0.113. The van der Waals surface area contributed by atoms with Crippen molar-refractivity contribution in [3.8, 4) is 5.75 Å². The molecule has 0 fully saturated rings. The average molecular weight is 379 g/mol. The smallest absolute Gasteiger partial charge is 0.263 e. The van der Waals surface area contributed by atoms with Crippen molar-refractivity contribution in [3.05, 3.63) is 57.6 Å². The standard InChI is InChI=1S/C17H12Cl2N2O4/c1-25-13-6-5-9(18)7-12(13)20-14(22)8-21-16(23)10-3-2-4-11(19)15(10)17(21)24/h2-7H,8H2,1H3,(H,20,22). The van der Waals surface area contributed by atoms with Crippen molar-refractivity contribution in [3.63, 3.8) is 0 Å². The van der Waals surface area contributed by atoms with Crippen LogP contribution in [-0.4, -0.2) is 36.3 Å². The van der Waals surface area contributed by atoms with Crippen molar-refractivity contribution in [1.82, 2.24) is 4.90 Å². The predicted molar refractivity (Wildman–Crippen MR) is 93.5 cm³/mol. The molecule has 2 aromatic rings. The van der Waals surface area contributed by atoms with E-state index in [2.05, 4.69) is 5.32 Å². The number of anilines is 1. The summed E-state index contributed by atoms with van der Waals surface area (Å²) in [5.41, 5.74) is 0.641. The molecule has 25 heavy (non-hydrogen) atoms. The van der Waals surface area contributed by atoms with E-state index in [1.165, 1.54) is 25.3 Å². The fourth-order valence-corrected chi connectivity index (χ4v) is 2.97. The number of ether oxygens (including phenoxy) is 1. The molecule has 1 N–H and O–H groups in total. The second kappa shape index (κ2) is 6.74. The Morgan fingerprint density at radius 1 is 1.16 bits per heavy atom. The van der Waals surface area contributed by atoms with E-state index < -0.39 is 24.3 Å². The fraction of sp³-hybridized carbons (Fsp3) is 0.118. The van der Waals surface area contributed by atoms with Gasteiger partial charge in [-0.05, 0) is 30.3 Å². The van der Waals surface area contributed by atoms with Crippen LogP contribution < -0.4 is 10.1 Å². The van der Waals surface area contributed by atoms with Crippen LogP contribution in [0.15, 0.2) is 36.4 Å². The van der Waals surface area contributed by atoms with Crippen molar-refractivity contribution in [2.24, 2.45) is 0 Å². The largest absolute Gasteiger partial charge is 0.495 e. The van der Waals surface area contributed by atoms with Crippen LogP contribution in [0.1, 0.15) is 20.7 Å². The Labute approximate surface area is 153 Å². The molecule has 0 unspecified atom stereocenters. The number of nitrogens with one attached hydrogen (secondary N) is 1. The third kappa shape index (κ3) is 3.18. The van der Waals surface area contributed by atoms with Gasteiger partial charge in [-0.1, -0.05) is 29.3 Å². The fourth-order valence-electron chi connectivity index (χ4n) is 2.55. The summed E-state index contributed by atoms with van der Waals surface area (Å²) >= 11 is 11.9. The molecule has 1 aliphatic rings. The summed E-state index contributed by atoms with van der Waals surface area (Å²) in [6.45, 7) is -0.446. The summed E-state index contributed by atoms with van der Waals surface area (Å²) in [5, 5.41) is 3.17. The second-order valence-corrected chi connectivity index (χ2v) is 6.10. The topological polar surface area (TPSA) is 75.7 Å². The van der Waals surface area contributed by atoms with E-state index in [0.717, 1.165) is 4.90 Å². The lowest BCUT2D eigenvalue weighted by atomic mass is 10.1. The van der Waals surface area contributed by atoms with E-state index >= 15 is 0 Å². The molecule has 0 spiro atoms. The van der Waals surface area contributed by atoms with Gasteiger partial charge < -0.3 is 10.1 Å². The normalized spacial score (nSPS) is 13.0. The van der Waals surface area contributed by atoms with Crippen LogP contribution in [0.2, 0.25) is 10.0 Å². The summed E-state index contributed by atoms with van der Waals surface area (Å²) in [7, 11) is 1.45. The van der Waals surface area contributed by atoms with Crippen LogP contribution in [0.5, 0.6) is 5.75 Å². The first-order chi connectivity index (χ1) is 11.9. The Bertz CT molecular complexity index is 898. The van der Waals surface area contributed by atoms with Crippen LogP contribution in [0.3, 0.4) is 0 Å². The zero-order chi connectivity index (χ0) is 18.1. The lowest BCUT2D eigenvalue weighted by Crippen LogP contribution is -2.37. The van der Waals surface area contributed by atoms with Gasteiger partial charge in [0.2, 0.25) is 5.91 Å². The number of benzene rings is 2. The molecular weight excluding hydrogens is 367 g/mol. The van der Waals surface area contributed by atoms with Crippen LogP contribution in [-0.2, 0) is 4.79 Å². The number of amides is 3. The Morgan fingerprint density at radius 3 is 2.60 bits per heavy atom. The van der Waals surface area contributed by atoms with Gasteiger partial charge >= 0.3 is 0 Å². The Balaban J connectivity index is 1.79. The summed E-state index contributed by atoms with van der Waals surface area (Å²) < 4.78 is 5.14. The molecule has 0 aromatic heterocycles. The molecule has 6 nitrogen and oxygen atoms in total. The van der Waals surface area contributed by atoms with E-state index in [1.54, 1.807) is 18.2 Å². The molecule has 2 aromatic carbocycles. The van der Waals surface area contributed by atoms with Gasteiger partial charge in [-0.2, -0.15) is 0 Å². The summed E-state index contributed by atoms with van der Waals surface area (Å²) in [4.78, 5) is 37.9. The van der Waals surface area contributed by atoms with Crippen LogP contribution in [0, 0.1) is 0 Å². The minimum atomic E-state index is -0.598. The number of methoxy groups -OCH3 is 1. The average Bonchev–Trinajstić information content (AvgIpc) is 2.81. The van der Waals surface area contributed by atoms with Crippen LogP contribution in [0.25, 0.3) is 0 Å². The van der Waals surface area contributed by atoms with Gasteiger partial charge in [-0.25, -0.2) is 0 Å². The van der Waals surface area contributed by atoms with E-state index in [0.29, 0.717) is 16.5 Å². The SMILES string of the molecule is COc1ccc(Cl)cc1NC(=O)CN1C(=O)c2cccc(Cl)c2C1=O. The Morgan fingerprint density at radius 2 is 1.92 bits per heavy atom. The highest BCUT2D eigenvalue weighted by Crippen LogP contribution is 2.30. The number of hydrogen-bond acceptors (Lipinski definition) is 4. The predicted octanol–water partition coefficient (Wildman–Crippen LogP) is 3.24. The third-order valence-corrected chi connectivity index (χ3v) is 4.24. The van der Waals surface area contributed by atoms with Crippen molar-refractivity contribution in [1.29, 1.82) is 0 Å². The van der Waals surface area contributed by atoms with Crippen molar-refractivity contribution in [2.75, 3.05) is 19.0 Å². The highest BCUT2D eigenvalue weighted by Gasteiger charge is 2.38. The second-order valence-electron chi connectivity index (χ2n) is 5.25. The first-order valence-corrected chi connectivity index (χ1v) is 7.96. The number of carbonyl (C=O) groups is 3. The zero-order valence-electron chi connectivity index (χ0n) is 13.0. The van der Waals surface area contributed by atoms with E-state index in [-0.39, 0.29) is 16.1 Å². The van der Waals surface area contributed by atoms with E-state index in [9.17, 15) is 14.4 Å². The highest BCUT2D eigenvalue weighted by molar-refractivity contribution is 6.37. The quantitative estimate of drug-likeness (QED) is 0.828. The number of imide groups is 1. The van der Waals surface area contributed by atoms with Gasteiger partial charge in [0.15, 0.2) is 0 Å². The molecule has 8 heteroatoms. The first-order valence-electron chi connectivity index (χ1n) is 7.20. The van der Waals surface area contributed by atoms with Crippen molar-refractivity contribution in [2.45, 2.75) is 0 Å². The minimum Gasteiger partial charge on any atom is -0.495 e. The lowest BCUT2D eigenvalue weighted by molar-refractivity contribution is -0.116. The van der Waals surface area contributed by atoms with Crippen molar-refractivity contribution >= 4 is 46.6 Å². The van der Waals surface area contributed by atoms with Crippen LogP contribution in [0.4, 0.5) is 5.69 Å². The summed E-state index contributed by atoms with van der Waals surface area (Å²) in [6.07, 6.45) is 0. The van der Waals surface area contributed by atoms with Gasteiger partial charge in [0.1, 0.15) is 12.3 Å². The molecule has 128 valence electrons. The number of nitrogens with zero attached hydrogens (tertiary/aromatic N) is 1. The van der Waals surface area contributed by atoms with E-state index in [1.807, 2.05) is 0 Å². The highest BCUT2D eigenvalue weighted by atomic mass is 35.5. The molecule has 3 rings (SSSR count). The summed E-state index contributed by atoms with van der Waals surface area (Å²) in [6, 6.07) is 9.32. The maximum Gasteiger partial charge on any atom is 0.263 e. The lowest BCUT2D eigenvalue weighted by Gasteiger charge is -2.15. The monoisotopic (exact) mass is 378 g/mol. The number of hydrogen-bond donors (Lipinski definition) is 1. The van der Waals surface area contributed by atoms with Gasteiger partial charge in [-0.15, -0.1) is 0 Å². The zero-order valence-corrected chi connectivity index (χ0v) is 14.5. The Hall–Kier alpha value is -2.57. The molecule has 0 atom stereocenters. The van der Waals surface area contributed by atoms with Gasteiger partial charge in [0.25, 0.3) is 11.8 Å². The van der Waals surface area contributed by atoms with Gasteiger partial charge in [0, 0.05) is 5.02 Å². The summed E-state index contributed by atoms with van der Waals surface area (Å²) in [5.74, 6) is -1.32.